The molecular formula is C12H8FIOS. The molecule has 2 rings (SSSR count). The van der Waals surface area contributed by atoms with Gasteiger partial charge < -0.3 is 0 Å². The van der Waals surface area contributed by atoms with Gasteiger partial charge in [-0.05, 0) is 46.4 Å². The van der Waals surface area contributed by atoms with Crippen molar-refractivity contribution in [2.24, 2.45) is 0 Å². The maximum atomic E-state index is 12.7. The van der Waals surface area contributed by atoms with Crippen LogP contribution >= 0.6 is 33.9 Å². The molecule has 0 bridgehead atoms. The van der Waals surface area contributed by atoms with E-state index < -0.39 is 0 Å². The zero-order chi connectivity index (χ0) is 11.5. The lowest BCUT2D eigenvalue weighted by Gasteiger charge is -1.98. The van der Waals surface area contributed by atoms with Crippen LogP contribution in [0, 0.1) is 8.70 Å². The van der Waals surface area contributed by atoms with Crippen molar-refractivity contribution in [3.8, 4) is 0 Å². The molecule has 1 nitrogen and oxygen atoms in total. The number of Topliss-reactive ketones (excluding diaryl/α,β-unsaturated/α-hetero) is 1. The predicted molar refractivity (Wildman–Crippen MR) is 71.5 cm³/mol. The Bertz CT molecular complexity index is 504. The molecule has 0 N–H and O–H groups in total. The summed E-state index contributed by atoms with van der Waals surface area (Å²) in [5.74, 6) is -0.202. The molecule has 0 unspecified atom stereocenters. The molecule has 0 aliphatic heterocycles. The van der Waals surface area contributed by atoms with Crippen LogP contribution in [0.1, 0.15) is 15.9 Å². The van der Waals surface area contributed by atoms with Gasteiger partial charge in [0.15, 0.2) is 5.78 Å². The first-order valence-corrected chi connectivity index (χ1v) is 6.62. The normalized spacial score (nSPS) is 10.4. The number of carbonyl (C=O) groups excluding carboxylic acids is 1. The zero-order valence-corrected chi connectivity index (χ0v) is 11.2. The highest BCUT2D eigenvalue weighted by molar-refractivity contribution is 14.1. The molecule has 0 spiro atoms. The van der Waals surface area contributed by atoms with E-state index in [4.69, 9.17) is 0 Å². The monoisotopic (exact) mass is 346 g/mol. The summed E-state index contributed by atoms with van der Waals surface area (Å²) in [5.41, 5.74) is 1.58. The van der Waals surface area contributed by atoms with Crippen LogP contribution < -0.4 is 0 Å². The molecule has 4 heteroatoms. The van der Waals surface area contributed by atoms with Crippen molar-refractivity contribution in [3.63, 3.8) is 0 Å². The minimum absolute atomic E-state index is 0.0748. The molecule has 0 atom stereocenters. The lowest BCUT2D eigenvalue weighted by Crippen LogP contribution is -2.01. The molecule has 16 heavy (non-hydrogen) atoms. The van der Waals surface area contributed by atoms with Gasteiger partial charge in [0, 0.05) is 17.4 Å². The minimum Gasteiger partial charge on any atom is -0.294 e. The number of rotatable bonds is 3. The van der Waals surface area contributed by atoms with E-state index in [0.29, 0.717) is 6.42 Å². The van der Waals surface area contributed by atoms with Crippen molar-refractivity contribution >= 4 is 39.7 Å². The number of ketones is 1. The molecule has 1 aromatic heterocycles. The van der Waals surface area contributed by atoms with Gasteiger partial charge in [-0.1, -0.05) is 12.1 Å². The summed E-state index contributed by atoms with van der Waals surface area (Å²) >= 11 is 3.74. The summed E-state index contributed by atoms with van der Waals surface area (Å²) < 4.78 is 13.8. The maximum Gasteiger partial charge on any atom is 0.168 e. The van der Waals surface area contributed by atoms with E-state index in [1.54, 1.807) is 23.5 Å². The Morgan fingerprint density at radius 1 is 1.31 bits per heavy atom. The van der Waals surface area contributed by atoms with Crippen LogP contribution in [0.15, 0.2) is 35.7 Å². The van der Waals surface area contributed by atoms with E-state index in [9.17, 15) is 9.18 Å². The minimum atomic E-state index is -0.277. The summed E-state index contributed by atoms with van der Waals surface area (Å²) in [6.45, 7) is 0. The average molecular weight is 346 g/mol. The molecule has 1 heterocycles. The second kappa shape index (κ2) is 5.05. The van der Waals surface area contributed by atoms with Gasteiger partial charge in [-0.25, -0.2) is 4.39 Å². The topological polar surface area (TPSA) is 17.1 Å². The van der Waals surface area contributed by atoms with E-state index in [-0.39, 0.29) is 11.6 Å². The van der Waals surface area contributed by atoms with Crippen molar-refractivity contribution in [3.05, 3.63) is 55.5 Å². The smallest absolute Gasteiger partial charge is 0.168 e. The molecule has 0 amide bonds. The summed E-state index contributed by atoms with van der Waals surface area (Å²) in [4.78, 5) is 11.8. The molecule has 0 radical (unpaired) electrons. The molecule has 0 aliphatic carbocycles. The third-order valence-corrected chi connectivity index (χ3v) is 3.96. The van der Waals surface area contributed by atoms with E-state index in [0.717, 1.165) is 14.0 Å². The molecule has 0 saturated heterocycles. The highest BCUT2D eigenvalue weighted by Crippen LogP contribution is 2.18. The number of benzene rings is 1. The van der Waals surface area contributed by atoms with E-state index >= 15 is 0 Å². The summed E-state index contributed by atoms with van der Waals surface area (Å²) in [7, 11) is 0. The van der Waals surface area contributed by atoms with Gasteiger partial charge in [-0.15, -0.1) is 11.3 Å². The second-order valence-corrected chi connectivity index (χ2v) is 6.17. The van der Waals surface area contributed by atoms with Crippen LogP contribution in [0.3, 0.4) is 0 Å². The molecule has 2 aromatic rings. The summed E-state index contributed by atoms with van der Waals surface area (Å²) in [6, 6.07) is 7.91. The fraction of sp³-hybridized carbons (Fsp3) is 0.0833. The Labute approximate surface area is 110 Å². The van der Waals surface area contributed by atoms with Gasteiger partial charge in [-0.3, -0.25) is 4.79 Å². The van der Waals surface area contributed by atoms with Gasteiger partial charge in [0.05, 0.1) is 2.88 Å². The number of halogens is 2. The molecule has 82 valence electrons. The van der Waals surface area contributed by atoms with Crippen molar-refractivity contribution in [1.82, 2.24) is 0 Å². The fourth-order valence-corrected chi connectivity index (χ4v) is 2.70. The lowest BCUT2D eigenvalue weighted by molar-refractivity contribution is 0.0993. The maximum absolute atomic E-state index is 12.7. The lowest BCUT2D eigenvalue weighted by atomic mass is 10.1. The summed E-state index contributed by atoms with van der Waals surface area (Å²) in [6.07, 6.45) is 0.326. The van der Waals surface area contributed by atoms with Crippen LogP contribution in [-0.4, -0.2) is 5.78 Å². The zero-order valence-electron chi connectivity index (χ0n) is 8.24. The first-order chi connectivity index (χ1) is 7.65. The van der Waals surface area contributed by atoms with Gasteiger partial charge in [-0.2, -0.15) is 0 Å². The first-order valence-electron chi connectivity index (χ1n) is 4.67. The first kappa shape index (κ1) is 11.7. The van der Waals surface area contributed by atoms with Crippen molar-refractivity contribution in [2.45, 2.75) is 6.42 Å². The number of hydrogen-bond donors (Lipinski definition) is 0. The van der Waals surface area contributed by atoms with Crippen LogP contribution in [0.4, 0.5) is 4.39 Å². The Morgan fingerprint density at radius 3 is 2.56 bits per heavy atom. The van der Waals surface area contributed by atoms with Crippen molar-refractivity contribution < 1.29 is 9.18 Å². The standard InChI is InChI=1S/C12H8FIOS/c13-10-3-1-8(2-4-10)5-11(15)9-6-12(14)16-7-9/h1-4,6-7H,5H2. The molecule has 1 aromatic carbocycles. The van der Waals surface area contributed by atoms with Gasteiger partial charge >= 0.3 is 0 Å². The Morgan fingerprint density at radius 2 is 2.00 bits per heavy atom. The second-order valence-electron chi connectivity index (χ2n) is 3.37. The highest BCUT2D eigenvalue weighted by Gasteiger charge is 2.08. The van der Waals surface area contributed by atoms with Crippen LogP contribution in [0.2, 0.25) is 0 Å². The molecule has 0 fully saturated rings. The van der Waals surface area contributed by atoms with Gasteiger partial charge in [0.2, 0.25) is 0 Å². The van der Waals surface area contributed by atoms with E-state index in [1.807, 2.05) is 11.4 Å². The Kier molecular flexibility index (Phi) is 3.70. The van der Waals surface area contributed by atoms with E-state index in [2.05, 4.69) is 22.6 Å². The third kappa shape index (κ3) is 2.89. The van der Waals surface area contributed by atoms with Crippen LogP contribution in [-0.2, 0) is 6.42 Å². The van der Waals surface area contributed by atoms with Crippen molar-refractivity contribution in [1.29, 1.82) is 0 Å². The summed E-state index contributed by atoms with van der Waals surface area (Å²) in [5, 5.41) is 1.85. The number of hydrogen-bond acceptors (Lipinski definition) is 2. The third-order valence-electron chi connectivity index (χ3n) is 2.17. The van der Waals surface area contributed by atoms with E-state index in [1.165, 1.54) is 12.1 Å². The van der Waals surface area contributed by atoms with Crippen molar-refractivity contribution in [2.75, 3.05) is 0 Å². The molecule has 0 saturated carbocycles. The highest BCUT2D eigenvalue weighted by atomic mass is 127. The van der Waals surface area contributed by atoms with Gasteiger partial charge in [0.1, 0.15) is 5.82 Å². The van der Waals surface area contributed by atoms with Gasteiger partial charge in [0.25, 0.3) is 0 Å². The number of carbonyl (C=O) groups is 1. The predicted octanol–water partition coefficient (Wildman–Crippen LogP) is 3.92. The average Bonchev–Trinajstić information content (AvgIpc) is 2.68. The Balaban J connectivity index is 2.10. The largest absolute Gasteiger partial charge is 0.294 e. The Hall–Kier alpha value is -0.750. The van der Waals surface area contributed by atoms with Crippen LogP contribution in [0.25, 0.3) is 0 Å². The SMILES string of the molecule is O=C(Cc1ccc(F)cc1)c1csc(I)c1. The molecular weight excluding hydrogens is 338 g/mol. The fourth-order valence-electron chi connectivity index (χ4n) is 1.35. The quantitative estimate of drug-likeness (QED) is 0.608. The number of thiophene rings is 1. The van der Waals surface area contributed by atoms with Crippen LogP contribution in [0.5, 0.6) is 0 Å². The molecule has 0 aliphatic rings.